The standard InChI is InChI=1S/C17H14F3NO3/c18-17(19,20)13-7-3-1-5-11(13)9-15(22)21-14-8-4-2-6-12(14)10-16(23)24/h1-8H,9-10H2,(H,21,22)(H,23,24). The minimum Gasteiger partial charge on any atom is -0.481 e. The summed E-state index contributed by atoms with van der Waals surface area (Å²) in [5.41, 5.74) is -0.353. The third-order valence-electron chi connectivity index (χ3n) is 3.31. The predicted octanol–water partition coefficient (Wildman–Crippen LogP) is 3.51. The molecular formula is C17H14F3NO3. The van der Waals surface area contributed by atoms with E-state index in [2.05, 4.69) is 5.32 Å². The maximum absolute atomic E-state index is 12.9. The zero-order valence-electron chi connectivity index (χ0n) is 12.4. The molecule has 0 aromatic heterocycles. The van der Waals surface area contributed by atoms with Gasteiger partial charge in [-0.05, 0) is 23.3 Å². The molecule has 0 saturated heterocycles. The van der Waals surface area contributed by atoms with Crippen LogP contribution in [0.1, 0.15) is 16.7 Å². The van der Waals surface area contributed by atoms with Gasteiger partial charge in [0.05, 0.1) is 18.4 Å². The van der Waals surface area contributed by atoms with Gasteiger partial charge in [0.25, 0.3) is 0 Å². The van der Waals surface area contributed by atoms with Crippen LogP contribution in [0.3, 0.4) is 0 Å². The van der Waals surface area contributed by atoms with Crippen LogP contribution in [0.15, 0.2) is 48.5 Å². The van der Waals surface area contributed by atoms with Gasteiger partial charge in [0, 0.05) is 5.69 Å². The van der Waals surface area contributed by atoms with E-state index in [-0.39, 0.29) is 17.7 Å². The van der Waals surface area contributed by atoms with Crippen molar-refractivity contribution in [1.29, 1.82) is 0 Å². The summed E-state index contributed by atoms with van der Waals surface area (Å²) in [6.07, 6.45) is -5.30. The Morgan fingerprint density at radius 2 is 1.50 bits per heavy atom. The zero-order valence-corrected chi connectivity index (χ0v) is 12.4. The number of carbonyl (C=O) groups is 2. The van der Waals surface area contributed by atoms with E-state index < -0.39 is 30.0 Å². The fourth-order valence-corrected chi connectivity index (χ4v) is 2.28. The van der Waals surface area contributed by atoms with Gasteiger partial charge >= 0.3 is 12.1 Å². The first kappa shape index (κ1) is 17.5. The van der Waals surface area contributed by atoms with Crippen LogP contribution in [0.4, 0.5) is 18.9 Å². The van der Waals surface area contributed by atoms with Crippen molar-refractivity contribution in [2.45, 2.75) is 19.0 Å². The first-order valence-electron chi connectivity index (χ1n) is 7.02. The Morgan fingerprint density at radius 3 is 2.12 bits per heavy atom. The van der Waals surface area contributed by atoms with E-state index in [1.165, 1.54) is 30.3 Å². The molecule has 0 aliphatic carbocycles. The fraction of sp³-hybridized carbons (Fsp3) is 0.176. The maximum Gasteiger partial charge on any atom is 0.416 e. The Morgan fingerprint density at radius 1 is 0.917 bits per heavy atom. The molecule has 24 heavy (non-hydrogen) atoms. The second-order valence-corrected chi connectivity index (χ2v) is 5.11. The molecule has 0 aliphatic rings. The molecule has 0 atom stereocenters. The third kappa shape index (κ3) is 4.58. The van der Waals surface area contributed by atoms with Crippen LogP contribution >= 0.6 is 0 Å². The number of anilines is 1. The summed E-state index contributed by atoms with van der Waals surface area (Å²) in [6.45, 7) is 0. The molecule has 2 aromatic rings. The summed E-state index contributed by atoms with van der Waals surface area (Å²) < 4.78 is 38.8. The van der Waals surface area contributed by atoms with Gasteiger partial charge in [0.1, 0.15) is 0 Å². The predicted molar refractivity (Wildman–Crippen MR) is 81.6 cm³/mol. The normalized spacial score (nSPS) is 11.1. The van der Waals surface area contributed by atoms with E-state index in [9.17, 15) is 22.8 Å². The number of carboxylic acid groups (broad SMARTS) is 1. The highest BCUT2D eigenvalue weighted by Gasteiger charge is 2.33. The molecular weight excluding hydrogens is 323 g/mol. The lowest BCUT2D eigenvalue weighted by Crippen LogP contribution is -2.19. The quantitative estimate of drug-likeness (QED) is 0.877. The highest BCUT2D eigenvalue weighted by molar-refractivity contribution is 5.93. The number of hydrogen-bond donors (Lipinski definition) is 2. The van der Waals surface area contributed by atoms with Gasteiger partial charge in [-0.25, -0.2) is 0 Å². The first-order valence-corrected chi connectivity index (χ1v) is 7.02. The van der Waals surface area contributed by atoms with Crippen molar-refractivity contribution < 1.29 is 27.9 Å². The number of hydrogen-bond acceptors (Lipinski definition) is 2. The lowest BCUT2D eigenvalue weighted by Gasteiger charge is -2.13. The van der Waals surface area contributed by atoms with E-state index in [4.69, 9.17) is 5.11 Å². The number of halogens is 3. The Kier molecular flexibility index (Phi) is 5.23. The minimum absolute atomic E-state index is 0.141. The average molecular weight is 337 g/mol. The Hall–Kier alpha value is -2.83. The van der Waals surface area contributed by atoms with Crippen LogP contribution in [-0.2, 0) is 28.6 Å². The Balaban J connectivity index is 2.17. The lowest BCUT2D eigenvalue weighted by atomic mass is 10.0. The lowest BCUT2D eigenvalue weighted by molar-refractivity contribution is -0.138. The van der Waals surface area contributed by atoms with Crippen molar-refractivity contribution in [1.82, 2.24) is 0 Å². The summed E-state index contributed by atoms with van der Waals surface area (Å²) >= 11 is 0. The van der Waals surface area contributed by atoms with E-state index >= 15 is 0 Å². The summed E-state index contributed by atoms with van der Waals surface area (Å²) in [6, 6.07) is 11.1. The molecule has 0 unspecified atom stereocenters. The molecule has 126 valence electrons. The van der Waals surface area contributed by atoms with Crippen LogP contribution in [0.2, 0.25) is 0 Å². The van der Waals surface area contributed by atoms with Crippen molar-refractivity contribution >= 4 is 17.6 Å². The second kappa shape index (κ2) is 7.16. The maximum atomic E-state index is 12.9. The van der Waals surface area contributed by atoms with Crippen LogP contribution in [0.5, 0.6) is 0 Å². The van der Waals surface area contributed by atoms with Crippen LogP contribution in [0.25, 0.3) is 0 Å². The number of alkyl halides is 3. The van der Waals surface area contributed by atoms with Crippen molar-refractivity contribution in [2.75, 3.05) is 5.32 Å². The molecule has 7 heteroatoms. The van der Waals surface area contributed by atoms with Crippen molar-refractivity contribution in [2.24, 2.45) is 0 Å². The average Bonchev–Trinajstić information content (AvgIpc) is 2.48. The number of aliphatic carboxylic acids is 1. The summed E-state index contributed by atoms with van der Waals surface area (Å²) in [5, 5.41) is 11.3. The van der Waals surface area contributed by atoms with E-state index in [1.807, 2.05) is 0 Å². The molecule has 0 aliphatic heterocycles. The number of carboxylic acids is 1. The van der Waals surface area contributed by atoms with Gasteiger partial charge in [-0.3, -0.25) is 9.59 Å². The van der Waals surface area contributed by atoms with Gasteiger partial charge < -0.3 is 10.4 Å². The molecule has 0 heterocycles. The summed E-state index contributed by atoms with van der Waals surface area (Å²) in [4.78, 5) is 22.9. The smallest absolute Gasteiger partial charge is 0.416 e. The van der Waals surface area contributed by atoms with Gasteiger partial charge in [0.15, 0.2) is 0 Å². The highest BCUT2D eigenvalue weighted by atomic mass is 19.4. The van der Waals surface area contributed by atoms with Crippen LogP contribution in [-0.4, -0.2) is 17.0 Å². The number of nitrogens with one attached hydrogen (secondary N) is 1. The van der Waals surface area contributed by atoms with E-state index in [0.717, 1.165) is 6.07 Å². The minimum atomic E-state index is -4.54. The summed E-state index contributed by atoms with van der Waals surface area (Å²) in [5.74, 6) is -1.72. The fourth-order valence-electron chi connectivity index (χ4n) is 2.28. The molecule has 0 fully saturated rings. The number of para-hydroxylation sites is 1. The summed E-state index contributed by atoms with van der Waals surface area (Å²) in [7, 11) is 0. The molecule has 0 radical (unpaired) electrons. The van der Waals surface area contributed by atoms with Crippen molar-refractivity contribution in [3.05, 3.63) is 65.2 Å². The Labute approximate surface area is 135 Å². The van der Waals surface area contributed by atoms with Gasteiger partial charge in [-0.15, -0.1) is 0 Å². The topological polar surface area (TPSA) is 66.4 Å². The number of carbonyl (C=O) groups excluding carboxylic acids is 1. The van der Waals surface area contributed by atoms with Crippen LogP contribution < -0.4 is 5.32 Å². The second-order valence-electron chi connectivity index (χ2n) is 5.11. The molecule has 4 nitrogen and oxygen atoms in total. The van der Waals surface area contributed by atoms with E-state index in [0.29, 0.717) is 5.56 Å². The van der Waals surface area contributed by atoms with Crippen LogP contribution in [0, 0.1) is 0 Å². The molecule has 0 bridgehead atoms. The highest BCUT2D eigenvalue weighted by Crippen LogP contribution is 2.32. The Bertz CT molecular complexity index is 757. The van der Waals surface area contributed by atoms with Gasteiger partial charge in [-0.2, -0.15) is 13.2 Å². The molecule has 2 aromatic carbocycles. The molecule has 0 saturated carbocycles. The van der Waals surface area contributed by atoms with Crippen molar-refractivity contribution in [3.8, 4) is 0 Å². The molecule has 1 amide bonds. The third-order valence-corrected chi connectivity index (χ3v) is 3.31. The van der Waals surface area contributed by atoms with Gasteiger partial charge in [0.2, 0.25) is 5.91 Å². The SMILES string of the molecule is O=C(O)Cc1ccccc1NC(=O)Cc1ccccc1C(F)(F)F. The van der Waals surface area contributed by atoms with Gasteiger partial charge in [-0.1, -0.05) is 36.4 Å². The molecule has 2 N–H and O–H groups in total. The number of benzene rings is 2. The van der Waals surface area contributed by atoms with E-state index in [1.54, 1.807) is 12.1 Å². The largest absolute Gasteiger partial charge is 0.481 e. The van der Waals surface area contributed by atoms with Crippen molar-refractivity contribution in [3.63, 3.8) is 0 Å². The zero-order chi connectivity index (χ0) is 17.7. The number of rotatable bonds is 5. The molecule has 0 spiro atoms. The number of amides is 1. The monoisotopic (exact) mass is 337 g/mol. The first-order chi connectivity index (χ1) is 11.3. The molecule has 2 rings (SSSR count).